The fourth-order valence-corrected chi connectivity index (χ4v) is 5.64. The molecule has 4 aliphatic rings. The van der Waals surface area contributed by atoms with Crippen molar-refractivity contribution in [2.75, 3.05) is 6.61 Å². The van der Waals surface area contributed by atoms with Gasteiger partial charge in [-0.15, -0.1) is 0 Å². The van der Waals surface area contributed by atoms with Crippen molar-refractivity contribution in [2.24, 2.45) is 17.8 Å². The molecule has 1 amide bonds. The minimum Gasteiger partial charge on any atom is -0.493 e. The molecule has 0 spiro atoms. The summed E-state index contributed by atoms with van der Waals surface area (Å²) in [7, 11) is 0. The zero-order valence-electron chi connectivity index (χ0n) is 14.5. The number of rotatable bonds is 5. The number of para-hydroxylation sites is 1. The van der Waals surface area contributed by atoms with Crippen molar-refractivity contribution in [1.82, 2.24) is 5.32 Å². The molecule has 0 heterocycles. The van der Waals surface area contributed by atoms with Gasteiger partial charge in [0.15, 0.2) is 0 Å². The third-order valence-corrected chi connectivity index (χ3v) is 6.06. The van der Waals surface area contributed by atoms with Crippen LogP contribution in [0.2, 0.25) is 0 Å². The first kappa shape index (κ1) is 15.7. The van der Waals surface area contributed by atoms with E-state index >= 15 is 0 Å². The van der Waals surface area contributed by atoms with Gasteiger partial charge in [0.1, 0.15) is 5.75 Å². The predicted molar refractivity (Wildman–Crippen MR) is 95.7 cm³/mol. The van der Waals surface area contributed by atoms with Crippen LogP contribution in [0.1, 0.15) is 51.0 Å². The van der Waals surface area contributed by atoms with Crippen LogP contribution in [0.4, 0.5) is 0 Å². The van der Waals surface area contributed by atoms with E-state index in [2.05, 4.69) is 5.32 Å². The molecule has 0 unspecified atom stereocenters. The molecule has 128 valence electrons. The Kier molecular flexibility index (Phi) is 4.11. The third-order valence-electron chi connectivity index (χ3n) is 6.06. The molecular weight excluding hydrogens is 298 g/mol. The van der Waals surface area contributed by atoms with Crippen molar-refractivity contribution < 1.29 is 9.53 Å². The number of carbonyl (C=O) groups is 1. The maximum absolute atomic E-state index is 12.5. The Bertz CT molecular complexity index is 614. The van der Waals surface area contributed by atoms with Crippen molar-refractivity contribution in [3.05, 3.63) is 35.9 Å². The van der Waals surface area contributed by atoms with Crippen LogP contribution in [0.15, 0.2) is 30.3 Å². The van der Waals surface area contributed by atoms with Crippen LogP contribution in [-0.4, -0.2) is 18.1 Å². The summed E-state index contributed by atoms with van der Waals surface area (Å²) in [5.74, 6) is 3.42. The quantitative estimate of drug-likeness (QED) is 0.825. The summed E-state index contributed by atoms with van der Waals surface area (Å²) < 4.78 is 5.62. The number of carbonyl (C=O) groups excluding carboxylic acids is 1. The van der Waals surface area contributed by atoms with Gasteiger partial charge in [0.2, 0.25) is 5.91 Å². The summed E-state index contributed by atoms with van der Waals surface area (Å²) in [6.45, 7) is 2.60. The number of amides is 1. The van der Waals surface area contributed by atoms with Gasteiger partial charge in [-0.05, 0) is 75.3 Å². The molecule has 0 atom stereocenters. The molecule has 24 heavy (non-hydrogen) atoms. The standard InChI is InChI=1S/C21H27NO2/c1-2-24-19-6-4-3-5-18(19)7-8-20(23)22-21-12-15-9-16(13-21)11-17(10-15)14-21/h3-8,15-17H,2,9-14H2,1H3,(H,22,23)/b8-7+. The van der Waals surface area contributed by atoms with Gasteiger partial charge in [-0.3, -0.25) is 4.79 Å². The highest BCUT2D eigenvalue weighted by atomic mass is 16.5. The number of hydrogen-bond donors (Lipinski definition) is 1. The van der Waals surface area contributed by atoms with E-state index in [0.29, 0.717) is 6.61 Å². The largest absolute Gasteiger partial charge is 0.493 e. The van der Waals surface area contributed by atoms with E-state index in [-0.39, 0.29) is 11.4 Å². The molecule has 1 N–H and O–H groups in total. The maximum atomic E-state index is 12.5. The van der Waals surface area contributed by atoms with Crippen molar-refractivity contribution in [3.8, 4) is 5.75 Å². The first-order chi connectivity index (χ1) is 11.7. The molecule has 4 fully saturated rings. The van der Waals surface area contributed by atoms with Crippen LogP contribution in [0.3, 0.4) is 0 Å². The van der Waals surface area contributed by atoms with E-state index in [1.54, 1.807) is 6.08 Å². The molecular formula is C21H27NO2. The molecule has 0 aliphatic heterocycles. The second kappa shape index (κ2) is 6.27. The molecule has 0 radical (unpaired) electrons. The van der Waals surface area contributed by atoms with Crippen LogP contribution >= 0.6 is 0 Å². The minimum absolute atomic E-state index is 0.0447. The van der Waals surface area contributed by atoms with E-state index in [0.717, 1.165) is 29.1 Å². The zero-order chi connectivity index (χ0) is 16.6. The minimum atomic E-state index is 0.0447. The monoisotopic (exact) mass is 325 g/mol. The van der Waals surface area contributed by atoms with Crippen molar-refractivity contribution in [2.45, 2.75) is 51.0 Å². The van der Waals surface area contributed by atoms with Gasteiger partial charge in [-0.2, -0.15) is 0 Å². The lowest BCUT2D eigenvalue weighted by atomic mass is 9.53. The molecule has 0 saturated heterocycles. The normalized spacial score (nSPS) is 33.8. The summed E-state index contributed by atoms with van der Waals surface area (Å²) in [4.78, 5) is 12.5. The number of benzene rings is 1. The van der Waals surface area contributed by atoms with Gasteiger partial charge in [0.25, 0.3) is 0 Å². The smallest absolute Gasteiger partial charge is 0.244 e. The Morgan fingerprint density at radius 3 is 2.42 bits per heavy atom. The van der Waals surface area contributed by atoms with Crippen molar-refractivity contribution in [1.29, 1.82) is 0 Å². The summed E-state index contributed by atoms with van der Waals surface area (Å²) in [6, 6.07) is 7.86. The van der Waals surface area contributed by atoms with Crippen molar-refractivity contribution >= 4 is 12.0 Å². The predicted octanol–water partition coefficient (Wildman–Crippen LogP) is 4.18. The lowest BCUT2D eigenvalue weighted by Crippen LogP contribution is -2.59. The lowest BCUT2D eigenvalue weighted by Gasteiger charge is -2.56. The van der Waals surface area contributed by atoms with Gasteiger partial charge >= 0.3 is 0 Å². The fourth-order valence-electron chi connectivity index (χ4n) is 5.64. The molecule has 3 heteroatoms. The third kappa shape index (κ3) is 3.09. The molecule has 1 aromatic rings. The molecule has 1 aromatic carbocycles. The molecule has 0 aromatic heterocycles. The fraction of sp³-hybridized carbons (Fsp3) is 0.571. The second-order valence-corrected chi connectivity index (χ2v) is 7.99. The molecule has 5 rings (SSSR count). The van der Waals surface area contributed by atoms with Gasteiger partial charge in [-0.1, -0.05) is 18.2 Å². The summed E-state index contributed by atoms with van der Waals surface area (Å²) in [5, 5.41) is 3.38. The van der Waals surface area contributed by atoms with Gasteiger partial charge in [-0.25, -0.2) is 0 Å². The average Bonchev–Trinajstić information content (AvgIpc) is 2.52. The van der Waals surface area contributed by atoms with Crippen LogP contribution in [0.5, 0.6) is 5.75 Å². The van der Waals surface area contributed by atoms with Crippen LogP contribution in [-0.2, 0) is 4.79 Å². The SMILES string of the molecule is CCOc1ccccc1/C=C/C(=O)NC12CC3CC(CC(C3)C1)C2. The zero-order valence-corrected chi connectivity index (χ0v) is 14.5. The average molecular weight is 325 g/mol. The van der Waals surface area contributed by atoms with Crippen LogP contribution in [0, 0.1) is 17.8 Å². The van der Waals surface area contributed by atoms with E-state index < -0.39 is 0 Å². The second-order valence-electron chi connectivity index (χ2n) is 7.99. The topological polar surface area (TPSA) is 38.3 Å². The summed E-state index contributed by atoms with van der Waals surface area (Å²) >= 11 is 0. The Morgan fingerprint density at radius 1 is 1.17 bits per heavy atom. The number of hydrogen-bond acceptors (Lipinski definition) is 2. The Labute approximate surface area is 144 Å². The lowest BCUT2D eigenvalue weighted by molar-refractivity contribution is -0.122. The molecule has 4 bridgehead atoms. The van der Waals surface area contributed by atoms with E-state index in [1.165, 1.54) is 38.5 Å². The van der Waals surface area contributed by atoms with Crippen LogP contribution < -0.4 is 10.1 Å². The van der Waals surface area contributed by atoms with Gasteiger partial charge < -0.3 is 10.1 Å². The Morgan fingerprint density at radius 2 is 1.79 bits per heavy atom. The highest BCUT2D eigenvalue weighted by molar-refractivity contribution is 5.92. The molecule has 4 aliphatic carbocycles. The summed E-state index contributed by atoms with van der Waals surface area (Å²) in [6.07, 6.45) is 11.3. The highest BCUT2D eigenvalue weighted by Crippen LogP contribution is 2.55. The Hall–Kier alpha value is -1.77. The maximum Gasteiger partial charge on any atom is 0.244 e. The first-order valence-corrected chi connectivity index (χ1v) is 9.38. The molecule has 4 saturated carbocycles. The van der Waals surface area contributed by atoms with Crippen molar-refractivity contribution in [3.63, 3.8) is 0 Å². The number of nitrogens with one attached hydrogen (secondary N) is 1. The van der Waals surface area contributed by atoms with E-state index in [4.69, 9.17) is 4.74 Å². The first-order valence-electron chi connectivity index (χ1n) is 9.38. The molecule has 3 nitrogen and oxygen atoms in total. The van der Waals surface area contributed by atoms with Gasteiger partial charge in [0, 0.05) is 17.2 Å². The van der Waals surface area contributed by atoms with E-state index in [9.17, 15) is 4.79 Å². The number of ether oxygens (including phenoxy) is 1. The van der Waals surface area contributed by atoms with Crippen LogP contribution in [0.25, 0.3) is 6.08 Å². The Balaban J connectivity index is 1.44. The van der Waals surface area contributed by atoms with E-state index in [1.807, 2.05) is 37.3 Å². The summed E-state index contributed by atoms with van der Waals surface area (Å²) in [5.41, 5.74) is 1.04. The van der Waals surface area contributed by atoms with Gasteiger partial charge in [0.05, 0.1) is 6.61 Å². The highest BCUT2D eigenvalue weighted by Gasteiger charge is 2.51.